The van der Waals surface area contributed by atoms with Gasteiger partial charge in [-0.2, -0.15) is 0 Å². The van der Waals surface area contributed by atoms with Crippen molar-refractivity contribution < 1.29 is 14.7 Å². The van der Waals surface area contributed by atoms with E-state index in [1.807, 2.05) is 0 Å². The number of amides is 2. The molecule has 0 aliphatic carbocycles. The summed E-state index contributed by atoms with van der Waals surface area (Å²) in [6, 6.07) is 8.21. The molecule has 0 bridgehead atoms. The Kier molecular flexibility index (Phi) is 6.03. The van der Waals surface area contributed by atoms with Gasteiger partial charge in [0.1, 0.15) is 0 Å². The van der Waals surface area contributed by atoms with Crippen molar-refractivity contribution in [1.29, 1.82) is 0 Å². The van der Waals surface area contributed by atoms with Crippen LogP contribution in [0.2, 0.25) is 0 Å². The molecule has 0 saturated carbocycles. The van der Waals surface area contributed by atoms with Gasteiger partial charge in [0.2, 0.25) is 0 Å². The molecule has 0 aromatic heterocycles. The maximum Gasteiger partial charge on any atom is 0.333 e. The standard InChI is InChI=1S/C15H22N2O3/c1-3-4-8-11-16-14(20)17-15(2,13(18)19)12-9-6-5-7-10-12/h5-7,9-10H,3-4,8,11H2,1-2H3,(H,18,19)(H2,16,17,20). The van der Waals surface area contributed by atoms with E-state index in [9.17, 15) is 14.7 Å². The zero-order valence-electron chi connectivity index (χ0n) is 12.0. The maximum atomic E-state index is 11.8. The molecule has 5 heteroatoms. The first-order valence-corrected chi connectivity index (χ1v) is 6.85. The van der Waals surface area contributed by atoms with E-state index in [1.54, 1.807) is 30.3 Å². The second-order valence-electron chi connectivity index (χ2n) is 4.88. The predicted molar refractivity (Wildman–Crippen MR) is 77.5 cm³/mol. The van der Waals surface area contributed by atoms with Gasteiger partial charge >= 0.3 is 12.0 Å². The van der Waals surface area contributed by atoms with Gasteiger partial charge in [-0.1, -0.05) is 50.1 Å². The third kappa shape index (κ3) is 4.26. The fourth-order valence-electron chi connectivity index (χ4n) is 1.87. The van der Waals surface area contributed by atoms with Crippen LogP contribution in [0.4, 0.5) is 4.79 Å². The van der Waals surface area contributed by atoms with Gasteiger partial charge in [-0.05, 0) is 18.9 Å². The van der Waals surface area contributed by atoms with E-state index in [0.717, 1.165) is 19.3 Å². The van der Waals surface area contributed by atoms with E-state index >= 15 is 0 Å². The maximum absolute atomic E-state index is 11.8. The minimum Gasteiger partial charge on any atom is -0.479 e. The summed E-state index contributed by atoms with van der Waals surface area (Å²) in [6.45, 7) is 4.11. The van der Waals surface area contributed by atoms with E-state index in [0.29, 0.717) is 12.1 Å². The Morgan fingerprint density at radius 2 is 1.85 bits per heavy atom. The number of hydrogen-bond donors (Lipinski definition) is 3. The number of urea groups is 1. The smallest absolute Gasteiger partial charge is 0.333 e. The van der Waals surface area contributed by atoms with E-state index < -0.39 is 17.5 Å². The van der Waals surface area contributed by atoms with Crippen LogP contribution in [-0.2, 0) is 10.3 Å². The molecule has 1 aromatic rings. The predicted octanol–water partition coefficient (Wildman–Crippen LogP) is 2.48. The number of carboxylic acids is 1. The number of benzene rings is 1. The Labute approximate surface area is 119 Å². The summed E-state index contributed by atoms with van der Waals surface area (Å²) in [4.78, 5) is 23.3. The Morgan fingerprint density at radius 3 is 2.40 bits per heavy atom. The third-order valence-corrected chi connectivity index (χ3v) is 3.21. The van der Waals surface area contributed by atoms with Crippen molar-refractivity contribution in [2.45, 2.75) is 38.6 Å². The highest BCUT2D eigenvalue weighted by Gasteiger charge is 2.36. The average Bonchev–Trinajstić information content (AvgIpc) is 2.44. The van der Waals surface area contributed by atoms with E-state index in [-0.39, 0.29) is 0 Å². The van der Waals surface area contributed by atoms with Gasteiger partial charge in [-0.15, -0.1) is 0 Å². The summed E-state index contributed by atoms with van der Waals surface area (Å²) < 4.78 is 0. The number of carbonyl (C=O) groups excluding carboxylic acids is 1. The first-order valence-electron chi connectivity index (χ1n) is 6.85. The lowest BCUT2D eigenvalue weighted by molar-refractivity contribution is -0.144. The summed E-state index contributed by atoms with van der Waals surface area (Å²) in [5.74, 6) is -1.09. The van der Waals surface area contributed by atoms with Crippen LogP contribution in [0.3, 0.4) is 0 Å². The van der Waals surface area contributed by atoms with Crippen LogP contribution in [0.1, 0.15) is 38.7 Å². The molecule has 0 fully saturated rings. The third-order valence-electron chi connectivity index (χ3n) is 3.21. The van der Waals surface area contributed by atoms with Gasteiger partial charge < -0.3 is 15.7 Å². The van der Waals surface area contributed by atoms with Crippen molar-refractivity contribution in [3.8, 4) is 0 Å². The Balaban J connectivity index is 2.68. The monoisotopic (exact) mass is 278 g/mol. The fraction of sp³-hybridized carbons (Fsp3) is 0.467. The van der Waals surface area contributed by atoms with Crippen LogP contribution < -0.4 is 10.6 Å². The number of carboxylic acid groups (broad SMARTS) is 1. The molecule has 20 heavy (non-hydrogen) atoms. The highest BCUT2D eigenvalue weighted by Crippen LogP contribution is 2.20. The Morgan fingerprint density at radius 1 is 1.20 bits per heavy atom. The van der Waals surface area contributed by atoms with Crippen molar-refractivity contribution in [1.82, 2.24) is 10.6 Å². The number of hydrogen-bond acceptors (Lipinski definition) is 2. The van der Waals surface area contributed by atoms with Gasteiger partial charge in [0.05, 0.1) is 0 Å². The highest BCUT2D eigenvalue weighted by molar-refractivity contribution is 5.87. The van der Waals surface area contributed by atoms with Gasteiger partial charge in [0.25, 0.3) is 0 Å². The molecule has 5 nitrogen and oxygen atoms in total. The van der Waals surface area contributed by atoms with Crippen LogP contribution in [0, 0.1) is 0 Å². The Hall–Kier alpha value is -2.04. The quantitative estimate of drug-likeness (QED) is 0.670. The summed E-state index contributed by atoms with van der Waals surface area (Å²) in [5, 5.41) is 14.6. The second-order valence-corrected chi connectivity index (χ2v) is 4.88. The van der Waals surface area contributed by atoms with E-state index in [4.69, 9.17) is 0 Å². The molecule has 0 aliphatic heterocycles. The van der Waals surface area contributed by atoms with Crippen molar-refractivity contribution >= 4 is 12.0 Å². The molecule has 0 radical (unpaired) electrons. The van der Waals surface area contributed by atoms with Crippen molar-refractivity contribution in [3.63, 3.8) is 0 Å². The van der Waals surface area contributed by atoms with Gasteiger partial charge in [0.15, 0.2) is 5.54 Å². The van der Waals surface area contributed by atoms with Crippen molar-refractivity contribution in [2.24, 2.45) is 0 Å². The molecular weight excluding hydrogens is 256 g/mol. The van der Waals surface area contributed by atoms with Crippen LogP contribution in [0.5, 0.6) is 0 Å². The van der Waals surface area contributed by atoms with Gasteiger partial charge in [0, 0.05) is 6.54 Å². The lowest BCUT2D eigenvalue weighted by Gasteiger charge is -2.26. The molecule has 1 atom stereocenters. The summed E-state index contributed by atoms with van der Waals surface area (Å²) in [6.07, 6.45) is 2.99. The Bertz CT molecular complexity index is 448. The van der Waals surface area contributed by atoms with E-state index in [1.165, 1.54) is 6.92 Å². The molecule has 3 N–H and O–H groups in total. The molecular formula is C15H22N2O3. The zero-order valence-corrected chi connectivity index (χ0v) is 12.0. The van der Waals surface area contributed by atoms with Gasteiger partial charge in [-0.25, -0.2) is 9.59 Å². The molecule has 0 heterocycles. The zero-order chi connectivity index (χ0) is 15.0. The molecule has 110 valence electrons. The largest absolute Gasteiger partial charge is 0.479 e. The van der Waals surface area contributed by atoms with Crippen LogP contribution in [0.15, 0.2) is 30.3 Å². The average molecular weight is 278 g/mol. The molecule has 0 aliphatic rings. The SMILES string of the molecule is CCCCCNC(=O)NC(C)(C(=O)O)c1ccccc1. The van der Waals surface area contributed by atoms with Gasteiger partial charge in [-0.3, -0.25) is 0 Å². The minimum absolute atomic E-state index is 0.463. The molecule has 1 unspecified atom stereocenters. The number of rotatable bonds is 7. The molecule has 2 amide bonds. The van der Waals surface area contributed by atoms with Crippen LogP contribution in [0.25, 0.3) is 0 Å². The molecule has 1 aromatic carbocycles. The lowest BCUT2D eigenvalue weighted by Crippen LogP contribution is -2.53. The minimum atomic E-state index is -1.43. The van der Waals surface area contributed by atoms with Crippen molar-refractivity contribution in [2.75, 3.05) is 6.54 Å². The summed E-state index contributed by atoms with van der Waals surface area (Å²) in [5.41, 5.74) is -0.896. The molecule has 0 saturated heterocycles. The first-order chi connectivity index (χ1) is 9.50. The molecule has 1 rings (SSSR count). The number of nitrogens with one attached hydrogen (secondary N) is 2. The number of unbranched alkanes of at least 4 members (excludes halogenated alkanes) is 2. The topological polar surface area (TPSA) is 78.4 Å². The van der Waals surface area contributed by atoms with Crippen LogP contribution >= 0.6 is 0 Å². The first kappa shape index (κ1) is 16.0. The van der Waals surface area contributed by atoms with Crippen molar-refractivity contribution in [3.05, 3.63) is 35.9 Å². The number of aliphatic carboxylic acids is 1. The van der Waals surface area contributed by atoms with E-state index in [2.05, 4.69) is 17.6 Å². The summed E-state index contributed by atoms with van der Waals surface area (Å²) >= 11 is 0. The fourth-order valence-corrected chi connectivity index (χ4v) is 1.87. The van der Waals surface area contributed by atoms with Crippen LogP contribution in [-0.4, -0.2) is 23.7 Å². The highest BCUT2D eigenvalue weighted by atomic mass is 16.4. The lowest BCUT2D eigenvalue weighted by atomic mass is 9.92. The molecule has 0 spiro atoms. The second kappa shape index (κ2) is 7.53. The summed E-state index contributed by atoms with van der Waals surface area (Å²) in [7, 11) is 0. The normalized spacial score (nSPS) is 13.3. The number of carbonyl (C=O) groups is 2.